The second-order valence-corrected chi connectivity index (χ2v) is 4.47. The Labute approximate surface area is 109 Å². The molecule has 19 heavy (non-hydrogen) atoms. The predicted octanol–water partition coefficient (Wildman–Crippen LogP) is 1.22. The molecule has 0 spiro atoms. The summed E-state index contributed by atoms with van der Waals surface area (Å²) in [7, 11) is 0. The molecular weight excluding hydrogens is 253 g/mol. The van der Waals surface area contributed by atoms with E-state index in [1.165, 1.54) is 0 Å². The van der Waals surface area contributed by atoms with Crippen LogP contribution >= 0.6 is 0 Å². The van der Waals surface area contributed by atoms with Crippen molar-refractivity contribution in [3.63, 3.8) is 0 Å². The van der Waals surface area contributed by atoms with Crippen molar-refractivity contribution in [3.8, 4) is 0 Å². The molecule has 6 nitrogen and oxygen atoms in total. The Hall–Kier alpha value is -2.02. The van der Waals surface area contributed by atoms with Crippen LogP contribution in [0, 0.1) is 15.9 Å². The van der Waals surface area contributed by atoms with E-state index in [-0.39, 0.29) is 11.6 Å². The van der Waals surface area contributed by atoms with E-state index in [0.29, 0.717) is 6.54 Å². The Morgan fingerprint density at radius 3 is 2.89 bits per heavy atom. The van der Waals surface area contributed by atoms with Gasteiger partial charge in [-0.15, -0.1) is 0 Å². The zero-order chi connectivity index (χ0) is 13.8. The van der Waals surface area contributed by atoms with Crippen molar-refractivity contribution >= 4 is 11.6 Å². The lowest BCUT2D eigenvalue weighted by Crippen LogP contribution is -2.45. The summed E-state index contributed by atoms with van der Waals surface area (Å²) >= 11 is 0. The lowest BCUT2D eigenvalue weighted by molar-refractivity contribution is -0.385. The first-order chi connectivity index (χ1) is 9.06. The maximum absolute atomic E-state index is 13.2. The third kappa shape index (κ3) is 3.47. The summed E-state index contributed by atoms with van der Waals surface area (Å²) in [5.74, 6) is -1.28. The fourth-order valence-corrected chi connectivity index (χ4v) is 2.05. The first kappa shape index (κ1) is 13.4. The lowest BCUT2D eigenvalue weighted by atomic mass is 10.1. The number of rotatable bonds is 3. The van der Waals surface area contributed by atoms with Crippen molar-refractivity contribution in [1.29, 1.82) is 0 Å². The number of nitrogens with zero attached hydrogens (tertiary/aromatic N) is 1. The van der Waals surface area contributed by atoms with Crippen molar-refractivity contribution in [3.05, 3.63) is 39.7 Å². The molecule has 0 aliphatic carbocycles. The van der Waals surface area contributed by atoms with E-state index in [2.05, 4.69) is 10.6 Å². The molecule has 0 radical (unpaired) electrons. The average Bonchev–Trinajstić information content (AvgIpc) is 2.39. The molecule has 2 N–H and O–H groups in total. The second-order valence-electron chi connectivity index (χ2n) is 4.47. The maximum Gasteiger partial charge on any atom is 0.273 e. The van der Waals surface area contributed by atoms with Gasteiger partial charge in [0.05, 0.1) is 11.0 Å². The summed E-state index contributed by atoms with van der Waals surface area (Å²) in [6, 6.07) is 2.84. The average molecular weight is 267 g/mol. The second kappa shape index (κ2) is 5.75. The number of benzene rings is 1. The zero-order valence-electron chi connectivity index (χ0n) is 10.2. The van der Waals surface area contributed by atoms with Crippen LogP contribution in [0.5, 0.6) is 0 Å². The summed E-state index contributed by atoms with van der Waals surface area (Å²) in [4.78, 5) is 21.8. The van der Waals surface area contributed by atoms with Crippen LogP contribution in [0.25, 0.3) is 0 Å². The van der Waals surface area contributed by atoms with Gasteiger partial charge < -0.3 is 10.6 Å². The normalized spacial score (nSPS) is 18.9. The minimum Gasteiger partial charge on any atom is -0.348 e. The number of hydrogen-bond acceptors (Lipinski definition) is 4. The number of non-ortho nitro benzene ring substituents is 1. The van der Waals surface area contributed by atoms with Gasteiger partial charge in [0.1, 0.15) is 5.82 Å². The predicted molar refractivity (Wildman–Crippen MR) is 66.4 cm³/mol. The van der Waals surface area contributed by atoms with Crippen molar-refractivity contribution in [2.45, 2.75) is 18.9 Å². The van der Waals surface area contributed by atoms with Crippen LogP contribution in [0.2, 0.25) is 0 Å². The van der Waals surface area contributed by atoms with Gasteiger partial charge in [-0.3, -0.25) is 14.9 Å². The number of amides is 1. The number of carbonyl (C=O) groups excluding carboxylic acids is 1. The summed E-state index contributed by atoms with van der Waals surface area (Å²) in [5.41, 5.74) is -0.454. The molecule has 1 atom stereocenters. The number of nitro benzene ring substituents is 1. The molecule has 0 bridgehead atoms. The van der Waals surface area contributed by atoms with Gasteiger partial charge in [0, 0.05) is 24.2 Å². The van der Waals surface area contributed by atoms with Gasteiger partial charge >= 0.3 is 0 Å². The van der Waals surface area contributed by atoms with E-state index >= 15 is 0 Å². The number of nitro groups is 1. The van der Waals surface area contributed by atoms with Crippen LogP contribution < -0.4 is 10.6 Å². The Balaban J connectivity index is 2.11. The highest BCUT2D eigenvalue weighted by molar-refractivity contribution is 5.95. The molecule has 1 aromatic rings. The SMILES string of the molecule is O=C(N[C@@H]1CCCNC1)c1cc(F)cc([N+](=O)[O-])c1. The highest BCUT2D eigenvalue weighted by atomic mass is 19.1. The number of nitrogens with one attached hydrogen (secondary N) is 2. The smallest absolute Gasteiger partial charge is 0.273 e. The number of carbonyl (C=O) groups is 1. The van der Waals surface area contributed by atoms with E-state index < -0.39 is 22.3 Å². The minimum atomic E-state index is -0.791. The van der Waals surface area contributed by atoms with Crippen molar-refractivity contribution < 1.29 is 14.1 Å². The van der Waals surface area contributed by atoms with Crippen molar-refractivity contribution in [1.82, 2.24) is 10.6 Å². The summed E-state index contributed by atoms with van der Waals surface area (Å²) < 4.78 is 13.2. The number of hydrogen-bond donors (Lipinski definition) is 2. The first-order valence-corrected chi connectivity index (χ1v) is 6.03. The quantitative estimate of drug-likeness (QED) is 0.637. The Morgan fingerprint density at radius 2 is 2.26 bits per heavy atom. The van der Waals surface area contributed by atoms with Crippen LogP contribution in [-0.2, 0) is 0 Å². The molecule has 1 fully saturated rings. The van der Waals surface area contributed by atoms with Crippen LogP contribution in [0.1, 0.15) is 23.2 Å². The zero-order valence-corrected chi connectivity index (χ0v) is 10.2. The fraction of sp³-hybridized carbons (Fsp3) is 0.417. The van der Waals surface area contributed by atoms with Gasteiger partial charge in [0.2, 0.25) is 0 Å². The van der Waals surface area contributed by atoms with E-state index in [1.807, 2.05) is 0 Å². The summed E-state index contributed by atoms with van der Waals surface area (Å²) in [6.07, 6.45) is 1.80. The monoisotopic (exact) mass is 267 g/mol. The molecule has 1 aromatic carbocycles. The van der Waals surface area contributed by atoms with Crippen LogP contribution in [0.15, 0.2) is 18.2 Å². The fourth-order valence-electron chi connectivity index (χ4n) is 2.05. The number of halogens is 1. The maximum atomic E-state index is 13.2. The summed E-state index contributed by atoms with van der Waals surface area (Å²) in [5, 5.41) is 16.5. The highest BCUT2D eigenvalue weighted by Crippen LogP contribution is 2.16. The summed E-state index contributed by atoms with van der Waals surface area (Å²) in [6.45, 7) is 1.57. The third-order valence-electron chi connectivity index (χ3n) is 2.99. The molecule has 1 saturated heterocycles. The van der Waals surface area contributed by atoms with E-state index in [0.717, 1.165) is 37.6 Å². The van der Waals surface area contributed by atoms with Gasteiger partial charge in [-0.2, -0.15) is 0 Å². The van der Waals surface area contributed by atoms with Gasteiger partial charge in [-0.05, 0) is 25.5 Å². The number of piperidine rings is 1. The lowest BCUT2D eigenvalue weighted by Gasteiger charge is -2.23. The molecule has 102 valence electrons. The Kier molecular flexibility index (Phi) is 4.06. The molecule has 0 saturated carbocycles. The molecule has 7 heteroatoms. The first-order valence-electron chi connectivity index (χ1n) is 6.03. The molecule has 1 aliphatic rings. The van der Waals surface area contributed by atoms with E-state index in [4.69, 9.17) is 0 Å². The molecule has 1 heterocycles. The molecule has 1 amide bonds. The Bertz CT molecular complexity index is 501. The minimum absolute atomic E-state index is 0.0245. The van der Waals surface area contributed by atoms with Gasteiger partial charge in [0.15, 0.2) is 0 Å². The Morgan fingerprint density at radius 1 is 1.47 bits per heavy atom. The largest absolute Gasteiger partial charge is 0.348 e. The molecule has 0 aromatic heterocycles. The van der Waals surface area contributed by atoms with Crippen molar-refractivity contribution in [2.75, 3.05) is 13.1 Å². The van der Waals surface area contributed by atoms with Gasteiger partial charge in [-0.25, -0.2) is 4.39 Å². The third-order valence-corrected chi connectivity index (χ3v) is 2.99. The van der Waals surface area contributed by atoms with Crippen LogP contribution in [0.4, 0.5) is 10.1 Å². The topological polar surface area (TPSA) is 84.3 Å². The standard InChI is InChI=1S/C12H14FN3O3/c13-9-4-8(5-11(6-9)16(18)19)12(17)15-10-2-1-3-14-7-10/h4-6,10,14H,1-3,7H2,(H,15,17)/t10-/m1/s1. The van der Waals surface area contributed by atoms with Crippen molar-refractivity contribution in [2.24, 2.45) is 0 Å². The van der Waals surface area contributed by atoms with Gasteiger partial charge in [0.25, 0.3) is 11.6 Å². The van der Waals surface area contributed by atoms with Crippen LogP contribution in [0.3, 0.4) is 0 Å². The molecular formula is C12H14FN3O3. The molecule has 0 unspecified atom stereocenters. The molecule has 1 aliphatic heterocycles. The van der Waals surface area contributed by atoms with Crippen LogP contribution in [-0.4, -0.2) is 30.0 Å². The van der Waals surface area contributed by atoms with Gasteiger partial charge in [-0.1, -0.05) is 0 Å². The molecule has 2 rings (SSSR count). The highest BCUT2D eigenvalue weighted by Gasteiger charge is 2.19. The van der Waals surface area contributed by atoms with E-state index in [9.17, 15) is 19.3 Å². The van der Waals surface area contributed by atoms with E-state index in [1.54, 1.807) is 0 Å².